The predicted octanol–water partition coefficient (Wildman–Crippen LogP) is 1.29. The second-order valence-electron chi connectivity index (χ2n) is 4.66. The van der Waals surface area contributed by atoms with Crippen molar-refractivity contribution in [2.45, 2.75) is 24.8 Å². The van der Waals surface area contributed by atoms with E-state index in [9.17, 15) is 8.42 Å². The van der Waals surface area contributed by atoms with Crippen molar-refractivity contribution in [2.75, 3.05) is 11.9 Å². The van der Waals surface area contributed by atoms with Crippen LogP contribution in [0, 0.1) is 0 Å². The molecule has 1 aromatic carbocycles. The summed E-state index contributed by atoms with van der Waals surface area (Å²) < 4.78 is 28.7. The number of aromatic nitrogens is 3. The largest absolute Gasteiger partial charge is 0.374 e. The Morgan fingerprint density at radius 3 is 2.67 bits per heavy atom. The summed E-state index contributed by atoms with van der Waals surface area (Å²) in [6, 6.07) is 6.62. The minimum absolute atomic E-state index is 0.171. The molecule has 0 bridgehead atoms. The first-order valence-electron chi connectivity index (χ1n) is 6.65. The van der Waals surface area contributed by atoms with Crippen LogP contribution in [-0.4, -0.2) is 29.7 Å². The third-order valence-electron chi connectivity index (χ3n) is 3.02. The molecule has 1 heterocycles. The zero-order valence-corrected chi connectivity index (χ0v) is 13.1. The number of hydrogen-bond acceptors (Lipinski definition) is 5. The Hall–Kier alpha value is -1.93. The number of rotatable bonds is 6. The second-order valence-corrected chi connectivity index (χ2v) is 6.40. The first kappa shape index (κ1) is 15.5. The maximum Gasteiger partial charge on any atom is 0.242 e. The van der Waals surface area contributed by atoms with Crippen LogP contribution >= 0.6 is 0 Å². The molecule has 114 valence electrons. The third kappa shape index (κ3) is 3.40. The van der Waals surface area contributed by atoms with Crippen molar-refractivity contribution in [3.05, 3.63) is 36.4 Å². The summed E-state index contributed by atoms with van der Waals surface area (Å²) in [4.78, 5) is 0.223. The molecule has 0 fully saturated rings. The smallest absolute Gasteiger partial charge is 0.242 e. The molecule has 8 heteroatoms. The van der Waals surface area contributed by atoms with Gasteiger partial charge in [-0.25, -0.2) is 13.1 Å². The SMILES string of the molecule is CCNS(=O)(=O)c1ccccc1NC(C)c1nncn1C. The van der Waals surface area contributed by atoms with E-state index < -0.39 is 10.0 Å². The van der Waals surface area contributed by atoms with Gasteiger partial charge in [-0.2, -0.15) is 0 Å². The highest BCUT2D eigenvalue weighted by molar-refractivity contribution is 7.89. The van der Waals surface area contributed by atoms with Crippen molar-refractivity contribution in [3.8, 4) is 0 Å². The number of nitrogens with one attached hydrogen (secondary N) is 2. The molecule has 1 aromatic heterocycles. The lowest BCUT2D eigenvalue weighted by Gasteiger charge is -2.17. The van der Waals surface area contributed by atoms with Gasteiger partial charge in [0.2, 0.25) is 10.0 Å². The molecule has 2 rings (SSSR count). The maximum absolute atomic E-state index is 12.2. The zero-order chi connectivity index (χ0) is 15.5. The van der Waals surface area contributed by atoms with Crippen molar-refractivity contribution in [3.63, 3.8) is 0 Å². The van der Waals surface area contributed by atoms with Crippen LogP contribution in [0.4, 0.5) is 5.69 Å². The molecule has 0 saturated carbocycles. The van der Waals surface area contributed by atoms with E-state index in [1.807, 2.05) is 14.0 Å². The lowest BCUT2D eigenvalue weighted by Crippen LogP contribution is -2.24. The Bertz CT molecular complexity index is 711. The fraction of sp³-hybridized carbons (Fsp3) is 0.385. The molecule has 0 aliphatic rings. The minimum Gasteiger partial charge on any atom is -0.374 e. The Kier molecular flexibility index (Phi) is 4.59. The van der Waals surface area contributed by atoms with Crippen LogP contribution in [0.15, 0.2) is 35.5 Å². The Balaban J connectivity index is 2.31. The number of hydrogen-bond donors (Lipinski definition) is 2. The van der Waals surface area contributed by atoms with Crippen molar-refractivity contribution in [1.82, 2.24) is 19.5 Å². The molecule has 0 spiro atoms. The van der Waals surface area contributed by atoms with Gasteiger partial charge >= 0.3 is 0 Å². The van der Waals surface area contributed by atoms with Gasteiger partial charge in [0.1, 0.15) is 11.2 Å². The summed E-state index contributed by atoms with van der Waals surface area (Å²) in [6.07, 6.45) is 1.61. The molecule has 2 N–H and O–H groups in total. The predicted molar refractivity (Wildman–Crippen MR) is 80.3 cm³/mol. The van der Waals surface area contributed by atoms with Gasteiger partial charge in [0.25, 0.3) is 0 Å². The number of anilines is 1. The monoisotopic (exact) mass is 309 g/mol. The number of aryl methyl sites for hydroxylation is 1. The van der Waals surface area contributed by atoms with Gasteiger partial charge in [0.05, 0.1) is 11.7 Å². The van der Waals surface area contributed by atoms with Crippen LogP contribution in [0.1, 0.15) is 25.7 Å². The van der Waals surface area contributed by atoms with Crippen LogP contribution in [-0.2, 0) is 17.1 Å². The molecule has 0 radical (unpaired) electrons. The Labute approximate surface area is 124 Å². The first-order chi connectivity index (χ1) is 9.95. The van der Waals surface area contributed by atoms with Crippen LogP contribution in [0.3, 0.4) is 0 Å². The van der Waals surface area contributed by atoms with E-state index in [1.165, 1.54) is 0 Å². The summed E-state index contributed by atoms with van der Waals surface area (Å²) in [6.45, 7) is 3.99. The topological polar surface area (TPSA) is 88.9 Å². The summed E-state index contributed by atoms with van der Waals surface area (Å²) >= 11 is 0. The highest BCUT2D eigenvalue weighted by Gasteiger charge is 2.19. The summed E-state index contributed by atoms with van der Waals surface area (Å²) in [5.41, 5.74) is 0.536. The molecule has 0 amide bonds. The van der Waals surface area contributed by atoms with E-state index in [1.54, 1.807) is 42.1 Å². The van der Waals surface area contributed by atoms with Crippen molar-refractivity contribution >= 4 is 15.7 Å². The molecule has 0 aliphatic heterocycles. The number of benzene rings is 1. The Morgan fingerprint density at radius 2 is 2.05 bits per heavy atom. The molecule has 1 unspecified atom stereocenters. The molecular weight excluding hydrogens is 290 g/mol. The molecule has 1 atom stereocenters. The second kappa shape index (κ2) is 6.23. The summed E-state index contributed by atoms with van der Waals surface area (Å²) in [5.74, 6) is 0.727. The lowest BCUT2D eigenvalue weighted by molar-refractivity contribution is 0.584. The van der Waals surface area contributed by atoms with E-state index in [2.05, 4.69) is 20.2 Å². The number of nitrogens with zero attached hydrogens (tertiary/aromatic N) is 3. The van der Waals surface area contributed by atoms with Gasteiger partial charge < -0.3 is 9.88 Å². The minimum atomic E-state index is -3.52. The zero-order valence-electron chi connectivity index (χ0n) is 12.2. The number of para-hydroxylation sites is 1. The van der Waals surface area contributed by atoms with Crippen molar-refractivity contribution in [1.29, 1.82) is 0 Å². The molecule has 0 saturated heterocycles. The van der Waals surface area contributed by atoms with Gasteiger partial charge in [-0.05, 0) is 19.1 Å². The summed E-state index contributed by atoms with van der Waals surface area (Å²) in [7, 11) is -1.68. The van der Waals surface area contributed by atoms with Gasteiger partial charge in [0.15, 0.2) is 5.82 Å². The lowest BCUT2D eigenvalue weighted by atomic mass is 10.2. The highest BCUT2D eigenvalue weighted by Crippen LogP contribution is 2.24. The molecular formula is C13H19N5O2S. The fourth-order valence-electron chi connectivity index (χ4n) is 2.07. The maximum atomic E-state index is 12.2. The van der Waals surface area contributed by atoms with Crippen molar-refractivity contribution < 1.29 is 8.42 Å². The number of sulfonamides is 1. The fourth-order valence-corrected chi connectivity index (χ4v) is 3.28. The van der Waals surface area contributed by atoms with Gasteiger partial charge in [0, 0.05) is 13.6 Å². The van der Waals surface area contributed by atoms with Crippen LogP contribution in [0.25, 0.3) is 0 Å². The molecule has 21 heavy (non-hydrogen) atoms. The normalized spacial score (nSPS) is 13.1. The van der Waals surface area contributed by atoms with E-state index >= 15 is 0 Å². The quantitative estimate of drug-likeness (QED) is 0.839. The van der Waals surface area contributed by atoms with E-state index in [0.29, 0.717) is 12.2 Å². The summed E-state index contributed by atoms with van der Waals surface area (Å²) in [5, 5.41) is 11.0. The molecule has 7 nitrogen and oxygen atoms in total. The third-order valence-corrected chi connectivity index (χ3v) is 4.62. The van der Waals surface area contributed by atoms with Gasteiger partial charge in [-0.1, -0.05) is 19.1 Å². The van der Waals surface area contributed by atoms with Crippen LogP contribution in [0.5, 0.6) is 0 Å². The average molecular weight is 309 g/mol. The van der Waals surface area contributed by atoms with Crippen molar-refractivity contribution in [2.24, 2.45) is 7.05 Å². The van der Waals surface area contributed by atoms with Gasteiger partial charge in [-0.15, -0.1) is 10.2 Å². The average Bonchev–Trinajstić information content (AvgIpc) is 2.85. The van der Waals surface area contributed by atoms with E-state index in [0.717, 1.165) is 5.82 Å². The van der Waals surface area contributed by atoms with E-state index in [-0.39, 0.29) is 10.9 Å². The van der Waals surface area contributed by atoms with Gasteiger partial charge in [-0.3, -0.25) is 0 Å². The molecule has 2 aromatic rings. The van der Waals surface area contributed by atoms with Crippen LogP contribution < -0.4 is 10.0 Å². The standard InChI is InChI=1S/C13H19N5O2S/c1-4-15-21(19,20)12-8-6-5-7-11(12)16-10(2)13-17-14-9-18(13)3/h5-10,15-16H,4H2,1-3H3. The van der Waals surface area contributed by atoms with Crippen LogP contribution in [0.2, 0.25) is 0 Å². The first-order valence-corrected chi connectivity index (χ1v) is 8.13. The molecule has 0 aliphatic carbocycles. The van der Waals surface area contributed by atoms with E-state index in [4.69, 9.17) is 0 Å². The highest BCUT2D eigenvalue weighted by atomic mass is 32.2. The Morgan fingerprint density at radius 1 is 1.33 bits per heavy atom.